The molecule has 0 fully saturated rings. The van der Waals surface area contributed by atoms with E-state index in [0.29, 0.717) is 31.4 Å². The molecule has 0 aliphatic heterocycles. The van der Waals surface area contributed by atoms with Crippen LogP contribution >= 0.6 is 46.4 Å². The fraction of sp³-hybridized carbons (Fsp3) is 0.0714. The first-order valence-electron chi connectivity index (χ1n) is 5.67. The number of ether oxygens (including phenoxy) is 1. The fourth-order valence-electron chi connectivity index (χ4n) is 1.57. The number of aromatic carboxylic acids is 1. The van der Waals surface area contributed by atoms with Crippen LogP contribution in [0.4, 0.5) is 0 Å². The lowest BCUT2D eigenvalue weighted by molar-refractivity contribution is 0.0697. The van der Waals surface area contributed by atoms with Crippen molar-refractivity contribution in [1.82, 2.24) is 0 Å². The van der Waals surface area contributed by atoms with E-state index in [-0.39, 0.29) is 12.2 Å². The first-order chi connectivity index (χ1) is 9.88. The van der Waals surface area contributed by atoms with E-state index >= 15 is 0 Å². The van der Waals surface area contributed by atoms with Gasteiger partial charge in [0.15, 0.2) is 0 Å². The average Bonchev–Trinajstić information content (AvgIpc) is 2.42. The molecule has 0 saturated carbocycles. The van der Waals surface area contributed by atoms with Gasteiger partial charge in [0.2, 0.25) is 0 Å². The number of carbonyl (C=O) groups is 1. The maximum Gasteiger partial charge on any atom is 0.335 e. The van der Waals surface area contributed by atoms with Gasteiger partial charge in [-0.25, -0.2) is 4.79 Å². The first kappa shape index (κ1) is 16.2. The highest BCUT2D eigenvalue weighted by Gasteiger charge is 2.10. The number of hydrogen-bond acceptors (Lipinski definition) is 2. The Kier molecular flexibility index (Phi) is 5.22. The molecule has 0 bridgehead atoms. The van der Waals surface area contributed by atoms with Gasteiger partial charge in [0.1, 0.15) is 12.4 Å². The van der Waals surface area contributed by atoms with Gasteiger partial charge in [-0.15, -0.1) is 0 Å². The molecule has 110 valence electrons. The summed E-state index contributed by atoms with van der Waals surface area (Å²) in [6.45, 7) is 0.121. The van der Waals surface area contributed by atoms with Crippen molar-refractivity contribution in [3.05, 3.63) is 61.5 Å². The summed E-state index contributed by atoms with van der Waals surface area (Å²) < 4.78 is 5.53. The molecule has 0 aliphatic carbocycles. The van der Waals surface area contributed by atoms with E-state index in [4.69, 9.17) is 56.2 Å². The van der Waals surface area contributed by atoms with E-state index in [0.717, 1.165) is 0 Å². The van der Waals surface area contributed by atoms with Crippen LogP contribution in [0, 0.1) is 0 Å². The summed E-state index contributed by atoms with van der Waals surface area (Å²) in [6.07, 6.45) is 0. The van der Waals surface area contributed by atoms with Crippen LogP contribution in [0.15, 0.2) is 30.3 Å². The van der Waals surface area contributed by atoms with Crippen LogP contribution in [-0.4, -0.2) is 11.1 Å². The Morgan fingerprint density at radius 1 is 0.952 bits per heavy atom. The summed E-state index contributed by atoms with van der Waals surface area (Å²) >= 11 is 23.7. The minimum Gasteiger partial charge on any atom is -0.487 e. The average molecular weight is 366 g/mol. The predicted octanol–water partition coefficient (Wildman–Crippen LogP) is 5.58. The molecule has 2 rings (SSSR count). The first-order valence-corrected chi connectivity index (χ1v) is 7.18. The van der Waals surface area contributed by atoms with E-state index in [2.05, 4.69) is 0 Å². The van der Waals surface area contributed by atoms with E-state index in [1.54, 1.807) is 6.07 Å². The van der Waals surface area contributed by atoms with E-state index in [1.807, 2.05) is 0 Å². The summed E-state index contributed by atoms with van der Waals surface area (Å²) in [5, 5.41) is 10.1. The summed E-state index contributed by atoms with van der Waals surface area (Å²) in [4.78, 5) is 10.8. The number of halogens is 4. The van der Waals surface area contributed by atoms with E-state index in [1.165, 1.54) is 24.3 Å². The van der Waals surface area contributed by atoms with Gasteiger partial charge in [-0.2, -0.15) is 0 Å². The number of rotatable bonds is 4. The zero-order valence-corrected chi connectivity index (χ0v) is 13.4. The van der Waals surface area contributed by atoms with Gasteiger partial charge in [0.25, 0.3) is 0 Å². The zero-order valence-electron chi connectivity index (χ0n) is 10.4. The van der Waals surface area contributed by atoms with Crippen LogP contribution in [0.5, 0.6) is 5.75 Å². The van der Waals surface area contributed by atoms with Gasteiger partial charge >= 0.3 is 5.97 Å². The normalized spacial score (nSPS) is 10.5. The van der Waals surface area contributed by atoms with Crippen LogP contribution in [0.1, 0.15) is 15.9 Å². The third-order valence-electron chi connectivity index (χ3n) is 2.66. The summed E-state index contributed by atoms with van der Waals surface area (Å²) in [7, 11) is 0. The van der Waals surface area contributed by atoms with E-state index < -0.39 is 5.97 Å². The van der Waals surface area contributed by atoms with Crippen LogP contribution in [0.2, 0.25) is 20.1 Å². The van der Waals surface area contributed by atoms with Gasteiger partial charge in [-0.1, -0.05) is 52.5 Å². The monoisotopic (exact) mass is 364 g/mol. The summed E-state index contributed by atoms with van der Waals surface area (Å²) in [6, 6.07) is 7.38. The second-order valence-electron chi connectivity index (χ2n) is 4.10. The molecule has 0 saturated heterocycles. The van der Waals surface area contributed by atoms with Crippen LogP contribution in [-0.2, 0) is 6.61 Å². The molecular weight excluding hydrogens is 358 g/mol. The quantitative estimate of drug-likeness (QED) is 0.719. The molecule has 0 atom stereocenters. The van der Waals surface area contributed by atoms with Crippen molar-refractivity contribution in [1.29, 1.82) is 0 Å². The Labute approximate surface area is 141 Å². The Morgan fingerprint density at radius 2 is 1.62 bits per heavy atom. The minimum absolute atomic E-state index is 0.108. The fourth-order valence-corrected chi connectivity index (χ4v) is 2.39. The van der Waals surface area contributed by atoms with Crippen molar-refractivity contribution in [2.75, 3.05) is 0 Å². The largest absolute Gasteiger partial charge is 0.487 e. The van der Waals surface area contributed by atoms with Gasteiger partial charge in [0.05, 0.1) is 20.6 Å². The standard InChI is InChI=1S/C14H8Cl4O3/c15-9-3-7(14(19)20)1-2-8(9)6-21-13-5-11(17)10(16)4-12(13)18/h1-5H,6H2,(H,19,20). The molecule has 7 heteroatoms. The molecule has 2 aromatic rings. The maximum absolute atomic E-state index is 10.8. The summed E-state index contributed by atoms with van der Waals surface area (Å²) in [5.41, 5.74) is 0.736. The molecule has 0 unspecified atom stereocenters. The molecule has 0 heterocycles. The third kappa shape index (κ3) is 3.95. The second-order valence-corrected chi connectivity index (χ2v) is 5.73. The Morgan fingerprint density at radius 3 is 2.24 bits per heavy atom. The van der Waals surface area contributed by atoms with Crippen molar-refractivity contribution >= 4 is 52.4 Å². The third-order valence-corrected chi connectivity index (χ3v) is 4.03. The maximum atomic E-state index is 10.8. The molecule has 1 N–H and O–H groups in total. The lowest BCUT2D eigenvalue weighted by atomic mass is 10.1. The molecule has 3 nitrogen and oxygen atoms in total. The Bertz CT molecular complexity index is 701. The van der Waals surface area contributed by atoms with Crippen molar-refractivity contribution < 1.29 is 14.6 Å². The topological polar surface area (TPSA) is 46.5 Å². The molecule has 0 aromatic heterocycles. The van der Waals surface area contributed by atoms with Crippen molar-refractivity contribution in [3.8, 4) is 5.75 Å². The van der Waals surface area contributed by atoms with E-state index in [9.17, 15) is 4.79 Å². The minimum atomic E-state index is -1.04. The second kappa shape index (κ2) is 6.75. The smallest absolute Gasteiger partial charge is 0.335 e. The van der Waals surface area contributed by atoms with Crippen LogP contribution < -0.4 is 4.74 Å². The number of benzene rings is 2. The van der Waals surface area contributed by atoms with Gasteiger partial charge in [-0.05, 0) is 18.2 Å². The molecule has 0 amide bonds. The van der Waals surface area contributed by atoms with Crippen LogP contribution in [0.25, 0.3) is 0 Å². The lowest BCUT2D eigenvalue weighted by Gasteiger charge is -2.11. The SMILES string of the molecule is O=C(O)c1ccc(COc2cc(Cl)c(Cl)cc2Cl)c(Cl)c1. The number of hydrogen-bond donors (Lipinski definition) is 1. The molecule has 0 aliphatic rings. The summed E-state index contributed by atoms with van der Waals surface area (Å²) in [5.74, 6) is -0.679. The Balaban J connectivity index is 2.17. The van der Waals surface area contributed by atoms with Crippen molar-refractivity contribution in [3.63, 3.8) is 0 Å². The van der Waals surface area contributed by atoms with Crippen LogP contribution in [0.3, 0.4) is 0 Å². The zero-order chi connectivity index (χ0) is 15.6. The molecule has 21 heavy (non-hydrogen) atoms. The van der Waals surface area contributed by atoms with Crippen molar-refractivity contribution in [2.45, 2.75) is 6.61 Å². The Hall–Kier alpha value is -1.13. The number of carboxylic acids is 1. The van der Waals surface area contributed by atoms with Gasteiger partial charge in [0, 0.05) is 16.7 Å². The highest BCUT2D eigenvalue weighted by Crippen LogP contribution is 2.34. The highest BCUT2D eigenvalue weighted by molar-refractivity contribution is 6.43. The predicted molar refractivity (Wildman–Crippen MR) is 84.2 cm³/mol. The molecular formula is C14H8Cl4O3. The molecule has 2 aromatic carbocycles. The molecule has 0 spiro atoms. The van der Waals surface area contributed by atoms with Gasteiger partial charge in [-0.3, -0.25) is 0 Å². The van der Waals surface area contributed by atoms with Crippen molar-refractivity contribution in [2.24, 2.45) is 0 Å². The number of carboxylic acid groups (broad SMARTS) is 1. The lowest BCUT2D eigenvalue weighted by Crippen LogP contribution is -2.00. The van der Waals surface area contributed by atoms with Gasteiger partial charge < -0.3 is 9.84 Å². The highest BCUT2D eigenvalue weighted by atomic mass is 35.5. The molecule has 0 radical (unpaired) electrons.